The highest BCUT2D eigenvalue weighted by molar-refractivity contribution is 6.33. The number of carboxylic acids is 1. The van der Waals surface area contributed by atoms with Crippen molar-refractivity contribution in [2.75, 3.05) is 12.4 Å². The fourth-order valence-corrected chi connectivity index (χ4v) is 2.66. The van der Waals surface area contributed by atoms with E-state index in [9.17, 15) is 9.59 Å². The van der Waals surface area contributed by atoms with Gasteiger partial charge in [-0.3, -0.25) is 4.79 Å². The Balaban J connectivity index is 2.03. The van der Waals surface area contributed by atoms with Crippen molar-refractivity contribution in [1.82, 2.24) is 5.32 Å². The predicted molar refractivity (Wildman–Crippen MR) is 101 cm³/mol. The number of halogens is 1. The number of nitrogens with one attached hydrogen (secondary N) is 2. The van der Waals surface area contributed by atoms with Crippen LogP contribution in [0.2, 0.25) is 5.02 Å². The summed E-state index contributed by atoms with van der Waals surface area (Å²) in [5.41, 5.74) is 1.43. The van der Waals surface area contributed by atoms with Crippen molar-refractivity contribution in [1.29, 1.82) is 0 Å². The molecule has 1 atom stereocenters. The minimum atomic E-state index is -0.902. The van der Waals surface area contributed by atoms with Gasteiger partial charge < -0.3 is 20.5 Å². The number of aliphatic carboxylic acids is 1. The maximum absolute atomic E-state index is 12.3. The van der Waals surface area contributed by atoms with Gasteiger partial charge in [0.25, 0.3) is 0 Å². The Bertz CT molecular complexity index is 752. The summed E-state index contributed by atoms with van der Waals surface area (Å²) in [5.74, 6) is -0.336. The molecule has 0 aliphatic rings. The minimum Gasteiger partial charge on any atom is -0.497 e. The zero-order valence-electron chi connectivity index (χ0n) is 14.4. The number of hydrogen-bond donors (Lipinski definition) is 3. The molecule has 0 saturated heterocycles. The van der Waals surface area contributed by atoms with E-state index in [1.165, 1.54) is 7.11 Å². The molecule has 0 radical (unpaired) electrons. The largest absolute Gasteiger partial charge is 0.497 e. The van der Waals surface area contributed by atoms with Gasteiger partial charge in [0.05, 0.1) is 17.8 Å². The zero-order chi connectivity index (χ0) is 18.9. The average Bonchev–Trinajstić information content (AvgIpc) is 2.62. The summed E-state index contributed by atoms with van der Waals surface area (Å²) in [5, 5.41) is 14.8. The van der Waals surface area contributed by atoms with Crippen LogP contribution in [0.5, 0.6) is 5.75 Å². The van der Waals surface area contributed by atoms with E-state index >= 15 is 0 Å². The summed E-state index contributed by atoms with van der Waals surface area (Å²) in [7, 11) is 1.52. The van der Waals surface area contributed by atoms with Crippen molar-refractivity contribution in [2.24, 2.45) is 0 Å². The van der Waals surface area contributed by atoms with Crippen LogP contribution in [0.4, 0.5) is 10.5 Å². The normalized spacial score (nSPS) is 11.5. The van der Waals surface area contributed by atoms with Gasteiger partial charge in [-0.15, -0.1) is 0 Å². The molecule has 2 rings (SSSR count). The number of carboxylic acid groups (broad SMARTS) is 1. The molecule has 2 aromatic carbocycles. The first-order valence-electron chi connectivity index (χ1n) is 8.14. The van der Waals surface area contributed by atoms with Crippen LogP contribution >= 0.6 is 11.6 Å². The van der Waals surface area contributed by atoms with Gasteiger partial charge in [0.15, 0.2) is 0 Å². The van der Waals surface area contributed by atoms with E-state index in [4.69, 9.17) is 21.4 Å². The molecule has 0 bridgehead atoms. The number of methoxy groups -OCH3 is 1. The second-order valence-electron chi connectivity index (χ2n) is 5.76. The molecule has 138 valence electrons. The van der Waals surface area contributed by atoms with E-state index in [-0.39, 0.29) is 12.5 Å². The Kier molecular flexibility index (Phi) is 7.29. The molecule has 0 fully saturated rings. The predicted octanol–water partition coefficient (Wildman–Crippen LogP) is 3.95. The fraction of sp³-hybridized carbons (Fsp3) is 0.263. The number of amides is 2. The molecular weight excluding hydrogens is 356 g/mol. The highest BCUT2D eigenvalue weighted by Gasteiger charge is 2.16. The molecule has 0 aliphatic heterocycles. The number of benzene rings is 2. The summed E-state index contributed by atoms with van der Waals surface area (Å²) in [6.45, 7) is 0. The first-order valence-corrected chi connectivity index (χ1v) is 8.52. The van der Waals surface area contributed by atoms with Gasteiger partial charge in [-0.1, -0.05) is 41.9 Å². The van der Waals surface area contributed by atoms with Gasteiger partial charge in [0, 0.05) is 18.5 Å². The summed E-state index contributed by atoms with van der Waals surface area (Å²) >= 11 is 6.09. The van der Waals surface area contributed by atoms with Crippen molar-refractivity contribution in [3.63, 3.8) is 0 Å². The molecule has 6 nitrogen and oxygen atoms in total. The summed E-state index contributed by atoms with van der Waals surface area (Å²) in [6, 6.07) is 13.7. The fourth-order valence-electron chi connectivity index (χ4n) is 2.49. The molecular formula is C19H21ClN2O4. The van der Waals surface area contributed by atoms with Crippen LogP contribution in [-0.4, -0.2) is 30.3 Å². The quantitative estimate of drug-likeness (QED) is 0.651. The van der Waals surface area contributed by atoms with Crippen LogP contribution in [-0.2, 0) is 11.2 Å². The van der Waals surface area contributed by atoms with Crippen LogP contribution in [0.3, 0.4) is 0 Å². The van der Waals surface area contributed by atoms with Gasteiger partial charge in [-0.05, 0) is 30.5 Å². The Morgan fingerprint density at radius 2 is 1.92 bits per heavy atom. The van der Waals surface area contributed by atoms with Crippen molar-refractivity contribution in [3.05, 3.63) is 59.1 Å². The van der Waals surface area contributed by atoms with Crippen molar-refractivity contribution < 1.29 is 19.4 Å². The van der Waals surface area contributed by atoms with Gasteiger partial charge in [-0.2, -0.15) is 0 Å². The van der Waals surface area contributed by atoms with Crippen molar-refractivity contribution in [3.8, 4) is 5.75 Å². The smallest absolute Gasteiger partial charge is 0.319 e. The number of anilines is 1. The van der Waals surface area contributed by atoms with E-state index in [1.807, 2.05) is 30.3 Å². The van der Waals surface area contributed by atoms with E-state index < -0.39 is 12.0 Å². The molecule has 0 saturated carbocycles. The molecule has 0 aromatic heterocycles. The molecule has 26 heavy (non-hydrogen) atoms. The molecule has 3 N–H and O–H groups in total. The van der Waals surface area contributed by atoms with E-state index in [2.05, 4.69) is 10.6 Å². The molecule has 0 aliphatic carbocycles. The summed E-state index contributed by atoms with van der Waals surface area (Å²) in [4.78, 5) is 23.2. The Hall–Kier alpha value is -2.73. The Labute approximate surface area is 157 Å². The minimum absolute atomic E-state index is 0.0301. The van der Waals surface area contributed by atoms with Crippen LogP contribution in [0.25, 0.3) is 0 Å². The topological polar surface area (TPSA) is 87.7 Å². The second kappa shape index (κ2) is 9.68. The van der Waals surface area contributed by atoms with E-state index in [0.29, 0.717) is 29.3 Å². The highest BCUT2D eigenvalue weighted by Crippen LogP contribution is 2.26. The standard InChI is InChI=1S/C19H21ClN2O4/c1-26-15-8-9-16(20)17(12-15)22-19(25)21-14(7-10-18(23)24)11-13-5-3-2-4-6-13/h2-6,8-9,12,14H,7,10-11H2,1H3,(H,23,24)(H2,21,22,25). The molecule has 2 amide bonds. The van der Waals surface area contributed by atoms with Gasteiger partial charge in [0.1, 0.15) is 5.75 Å². The number of ether oxygens (including phenoxy) is 1. The van der Waals surface area contributed by atoms with E-state index in [0.717, 1.165) is 5.56 Å². The number of carbonyl (C=O) groups excluding carboxylic acids is 1. The molecule has 2 aromatic rings. The average molecular weight is 377 g/mol. The Morgan fingerprint density at radius 3 is 2.58 bits per heavy atom. The lowest BCUT2D eigenvalue weighted by Crippen LogP contribution is -2.39. The molecule has 0 heterocycles. The Morgan fingerprint density at radius 1 is 1.19 bits per heavy atom. The van der Waals surface area contributed by atoms with Gasteiger partial charge >= 0.3 is 12.0 Å². The monoisotopic (exact) mass is 376 g/mol. The summed E-state index contributed by atoms with van der Waals surface area (Å²) < 4.78 is 5.12. The summed E-state index contributed by atoms with van der Waals surface area (Å²) in [6.07, 6.45) is 0.828. The molecule has 7 heteroatoms. The maximum atomic E-state index is 12.3. The zero-order valence-corrected chi connectivity index (χ0v) is 15.1. The SMILES string of the molecule is COc1ccc(Cl)c(NC(=O)NC(CCC(=O)O)Cc2ccccc2)c1. The highest BCUT2D eigenvalue weighted by atomic mass is 35.5. The second-order valence-corrected chi connectivity index (χ2v) is 6.17. The first kappa shape index (κ1) is 19.6. The van der Waals surface area contributed by atoms with Crippen LogP contribution in [0.1, 0.15) is 18.4 Å². The molecule has 0 spiro atoms. The lowest BCUT2D eigenvalue weighted by molar-refractivity contribution is -0.137. The van der Waals surface area contributed by atoms with Crippen LogP contribution in [0.15, 0.2) is 48.5 Å². The van der Waals surface area contributed by atoms with Crippen molar-refractivity contribution in [2.45, 2.75) is 25.3 Å². The van der Waals surface area contributed by atoms with Gasteiger partial charge in [0.2, 0.25) is 0 Å². The third-order valence-corrected chi connectivity index (χ3v) is 4.12. The third kappa shape index (κ3) is 6.29. The lowest BCUT2D eigenvalue weighted by atomic mass is 10.0. The number of urea groups is 1. The van der Waals surface area contributed by atoms with Crippen LogP contribution < -0.4 is 15.4 Å². The molecule has 1 unspecified atom stereocenters. The maximum Gasteiger partial charge on any atom is 0.319 e. The third-order valence-electron chi connectivity index (χ3n) is 3.79. The van der Waals surface area contributed by atoms with Crippen molar-refractivity contribution >= 4 is 29.3 Å². The number of rotatable bonds is 8. The number of hydrogen-bond acceptors (Lipinski definition) is 3. The lowest BCUT2D eigenvalue weighted by Gasteiger charge is -2.19. The van der Waals surface area contributed by atoms with E-state index in [1.54, 1.807) is 18.2 Å². The van der Waals surface area contributed by atoms with Gasteiger partial charge in [-0.25, -0.2) is 4.79 Å². The number of carbonyl (C=O) groups is 2. The first-order chi connectivity index (χ1) is 12.5. The van der Waals surface area contributed by atoms with Crippen LogP contribution in [0, 0.1) is 0 Å².